The van der Waals surface area contributed by atoms with Crippen LogP contribution in [0.4, 0.5) is 0 Å². The number of pyridine rings is 1. The third kappa shape index (κ3) is 3.70. The number of ether oxygens (including phenoxy) is 1. The first-order chi connectivity index (χ1) is 10.7. The average Bonchev–Trinajstić information content (AvgIpc) is 2.55. The summed E-state index contributed by atoms with van der Waals surface area (Å²) in [6.45, 7) is 6.81. The molecule has 116 valence electrons. The lowest BCUT2D eigenvalue weighted by Gasteiger charge is -2.15. The van der Waals surface area contributed by atoms with E-state index in [1.165, 1.54) is 0 Å². The number of nitrogens with zero attached hydrogens (tertiary/aromatic N) is 1. The lowest BCUT2D eigenvalue weighted by atomic mass is 10.0. The normalized spacial score (nSPS) is 10.6. The van der Waals surface area contributed by atoms with E-state index >= 15 is 0 Å². The van der Waals surface area contributed by atoms with Gasteiger partial charge in [0.2, 0.25) is 0 Å². The van der Waals surface area contributed by atoms with Crippen molar-refractivity contribution in [1.29, 1.82) is 0 Å². The van der Waals surface area contributed by atoms with Gasteiger partial charge in [0.25, 0.3) is 5.56 Å². The van der Waals surface area contributed by atoms with Gasteiger partial charge in [-0.2, -0.15) is 0 Å². The zero-order chi connectivity index (χ0) is 15.9. The van der Waals surface area contributed by atoms with E-state index in [0.717, 1.165) is 27.5 Å². The molecule has 1 heterocycles. The summed E-state index contributed by atoms with van der Waals surface area (Å²) in [6, 6.07) is 12.1. The molecule has 0 saturated carbocycles. The van der Waals surface area contributed by atoms with Crippen LogP contribution >= 0.6 is 11.8 Å². The van der Waals surface area contributed by atoms with Crippen molar-refractivity contribution in [3.8, 4) is 11.1 Å². The fourth-order valence-electron chi connectivity index (χ4n) is 2.30. The highest BCUT2D eigenvalue weighted by molar-refractivity contribution is 7.99. The van der Waals surface area contributed by atoms with Crippen molar-refractivity contribution in [2.45, 2.75) is 18.5 Å². The summed E-state index contributed by atoms with van der Waals surface area (Å²) in [6.07, 6.45) is 1.75. The first-order valence-corrected chi connectivity index (χ1v) is 8.20. The van der Waals surface area contributed by atoms with Gasteiger partial charge in [0.1, 0.15) is 0 Å². The van der Waals surface area contributed by atoms with Crippen LogP contribution < -0.4 is 5.56 Å². The molecule has 0 saturated heterocycles. The van der Waals surface area contributed by atoms with E-state index in [2.05, 4.69) is 12.6 Å². The van der Waals surface area contributed by atoms with E-state index in [1.54, 1.807) is 29.5 Å². The second-order valence-corrected chi connectivity index (χ2v) is 6.05. The molecular weight excluding hydrogens is 294 g/mol. The molecular formula is C18H21NO2S. The zero-order valence-electron chi connectivity index (χ0n) is 13.0. The SMILES string of the molecule is C=CCn1c(SCCOC)cc(-c2ccccc2)c(C)c1=O. The molecule has 0 N–H and O–H groups in total. The highest BCUT2D eigenvalue weighted by atomic mass is 32.2. The maximum Gasteiger partial charge on any atom is 0.255 e. The molecule has 2 aromatic rings. The first-order valence-electron chi connectivity index (χ1n) is 7.21. The summed E-state index contributed by atoms with van der Waals surface area (Å²) in [5.74, 6) is 0.810. The largest absolute Gasteiger partial charge is 0.384 e. The topological polar surface area (TPSA) is 31.2 Å². The number of hydrogen-bond donors (Lipinski definition) is 0. The Morgan fingerprint density at radius 1 is 1.32 bits per heavy atom. The Kier molecular flexibility index (Phi) is 6.04. The molecule has 1 aromatic heterocycles. The minimum absolute atomic E-state index is 0.0427. The second-order valence-electron chi connectivity index (χ2n) is 4.93. The van der Waals surface area contributed by atoms with Crippen molar-refractivity contribution in [3.63, 3.8) is 0 Å². The van der Waals surface area contributed by atoms with Gasteiger partial charge < -0.3 is 4.74 Å². The molecule has 0 fully saturated rings. The second kappa shape index (κ2) is 8.01. The van der Waals surface area contributed by atoms with Gasteiger partial charge in [0.15, 0.2) is 0 Å². The van der Waals surface area contributed by atoms with Crippen LogP contribution in [-0.4, -0.2) is 24.0 Å². The van der Waals surface area contributed by atoms with Crippen LogP contribution in [0.2, 0.25) is 0 Å². The summed E-state index contributed by atoms with van der Waals surface area (Å²) < 4.78 is 6.88. The van der Waals surface area contributed by atoms with Crippen LogP contribution in [0, 0.1) is 6.92 Å². The molecule has 2 rings (SSSR count). The number of methoxy groups -OCH3 is 1. The minimum Gasteiger partial charge on any atom is -0.384 e. The maximum atomic E-state index is 12.7. The Labute approximate surface area is 135 Å². The summed E-state index contributed by atoms with van der Waals surface area (Å²) in [5, 5.41) is 0.950. The number of rotatable bonds is 7. The van der Waals surface area contributed by atoms with E-state index in [4.69, 9.17) is 4.74 Å². The average molecular weight is 315 g/mol. The van der Waals surface area contributed by atoms with E-state index in [1.807, 2.05) is 37.3 Å². The lowest BCUT2D eigenvalue weighted by Crippen LogP contribution is -2.24. The number of benzene rings is 1. The third-order valence-corrected chi connectivity index (χ3v) is 4.44. The summed E-state index contributed by atoms with van der Waals surface area (Å²) >= 11 is 1.63. The van der Waals surface area contributed by atoms with Gasteiger partial charge in [-0.15, -0.1) is 18.3 Å². The molecule has 4 heteroatoms. The molecule has 0 aliphatic heterocycles. The van der Waals surface area contributed by atoms with E-state index in [0.29, 0.717) is 13.2 Å². The van der Waals surface area contributed by atoms with Crippen molar-refractivity contribution in [1.82, 2.24) is 4.57 Å². The smallest absolute Gasteiger partial charge is 0.255 e. The van der Waals surface area contributed by atoms with Crippen molar-refractivity contribution in [2.24, 2.45) is 0 Å². The maximum absolute atomic E-state index is 12.7. The molecule has 0 spiro atoms. The van der Waals surface area contributed by atoms with Crippen LogP contribution in [0.15, 0.2) is 58.9 Å². The van der Waals surface area contributed by atoms with Gasteiger partial charge >= 0.3 is 0 Å². The van der Waals surface area contributed by atoms with Gasteiger partial charge in [-0.05, 0) is 24.1 Å². The van der Waals surface area contributed by atoms with Gasteiger partial charge in [0.05, 0.1) is 11.6 Å². The van der Waals surface area contributed by atoms with Crippen LogP contribution in [-0.2, 0) is 11.3 Å². The monoisotopic (exact) mass is 315 g/mol. The minimum atomic E-state index is 0.0427. The van der Waals surface area contributed by atoms with Crippen molar-refractivity contribution < 1.29 is 4.74 Å². The fourth-order valence-corrected chi connectivity index (χ4v) is 3.27. The van der Waals surface area contributed by atoms with Crippen LogP contribution in [0.1, 0.15) is 5.56 Å². The molecule has 22 heavy (non-hydrogen) atoms. The zero-order valence-corrected chi connectivity index (χ0v) is 13.9. The number of thioether (sulfide) groups is 1. The standard InChI is InChI=1S/C18H21NO2S/c1-4-10-19-17(22-12-11-21-3)13-16(14(2)18(19)20)15-8-6-5-7-9-15/h4-9,13H,1,10-12H2,2-3H3. The van der Waals surface area contributed by atoms with Gasteiger partial charge in [0, 0.05) is 25.0 Å². The molecule has 0 unspecified atom stereocenters. The molecule has 0 radical (unpaired) electrons. The van der Waals surface area contributed by atoms with Gasteiger partial charge in [-0.25, -0.2) is 0 Å². The lowest BCUT2D eigenvalue weighted by molar-refractivity contribution is 0.218. The van der Waals surface area contributed by atoms with Gasteiger partial charge in [-0.1, -0.05) is 36.4 Å². The quantitative estimate of drug-likeness (QED) is 0.443. The highest BCUT2D eigenvalue weighted by Crippen LogP contribution is 2.26. The highest BCUT2D eigenvalue weighted by Gasteiger charge is 2.12. The molecule has 0 amide bonds. The molecule has 0 bridgehead atoms. The Morgan fingerprint density at radius 3 is 2.68 bits per heavy atom. The first kappa shape index (κ1) is 16.6. The van der Waals surface area contributed by atoms with E-state index in [-0.39, 0.29) is 5.56 Å². The predicted molar refractivity (Wildman–Crippen MR) is 93.7 cm³/mol. The van der Waals surface area contributed by atoms with Crippen LogP contribution in [0.5, 0.6) is 0 Å². The Hall–Kier alpha value is -1.78. The molecule has 0 aliphatic carbocycles. The summed E-state index contributed by atoms with van der Waals surface area (Å²) in [4.78, 5) is 12.7. The molecule has 0 aliphatic rings. The third-order valence-electron chi connectivity index (χ3n) is 3.44. The van der Waals surface area contributed by atoms with Gasteiger partial charge in [-0.3, -0.25) is 9.36 Å². The van der Waals surface area contributed by atoms with Crippen molar-refractivity contribution in [3.05, 3.63) is 65.0 Å². The Morgan fingerprint density at radius 2 is 2.05 bits per heavy atom. The predicted octanol–water partition coefficient (Wildman–Crippen LogP) is 3.75. The molecule has 1 aromatic carbocycles. The summed E-state index contributed by atoms with van der Waals surface area (Å²) in [5.41, 5.74) is 2.87. The number of aromatic nitrogens is 1. The Balaban J connectivity index is 2.52. The van der Waals surface area contributed by atoms with Crippen LogP contribution in [0.3, 0.4) is 0 Å². The van der Waals surface area contributed by atoms with E-state index in [9.17, 15) is 4.79 Å². The fraction of sp³-hybridized carbons (Fsp3) is 0.278. The van der Waals surface area contributed by atoms with Crippen molar-refractivity contribution in [2.75, 3.05) is 19.5 Å². The molecule has 3 nitrogen and oxygen atoms in total. The summed E-state index contributed by atoms with van der Waals surface area (Å²) in [7, 11) is 1.68. The number of hydrogen-bond acceptors (Lipinski definition) is 3. The van der Waals surface area contributed by atoms with Crippen LogP contribution in [0.25, 0.3) is 11.1 Å². The Bertz CT molecular complexity index is 692. The van der Waals surface area contributed by atoms with E-state index < -0.39 is 0 Å². The van der Waals surface area contributed by atoms with Crippen molar-refractivity contribution >= 4 is 11.8 Å². The number of allylic oxidation sites excluding steroid dienone is 1. The molecule has 0 atom stereocenters.